The lowest BCUT2D eigenvalue weighted by atomic mass is 10.1. The lowest BCUT2D eigenvalue weighted by Gasteiger charge is -1.99. The Labute approximate surface area is 104 Å². The van der Waals surface area contributed by atoms with E-state index in [4.69, 9.17) is 0 Å². The second-order valence-electron chi connectivity index (χ2n) is 4.74. The summed E-state index contributed by atoms with van der Waals surface area (Å²) in [7, 11) is 0. The number of rotatable bonds is 0. The average molecular weight is 232 g/mol. The van der Waals surface area contributed by atoms with Gasteiger partial charge in [0.25, 0.3) is 0 Å². The molecule has 0 bridgehead atoms. The van der Waals surface area contributed by atoms with Crippen LogP contribution < -0.4 is 0 Å². The second-order valence-corrected chi connectivity index (χ2v) is 4.74. The first-order valence-corrected chi connectivity index (χ1v) is 6.09. The molecule has 0 spiro atoms. The lowest BCUT2D eigenvalue weighted by Crippen LogP contribution is -1.79. The lowest BCUT2D eigenvalue weighted by molar-refractivity contribution is 1.43. The van der Waals surface area contributed by atoms with Gasteiger partial charge >= 0.3 is 0 Å². The van der Waals surface area contributed by atoms with Crippen molar-refractivity contribution in [2.75, 3.05) is 0 Å². The summed E-state index contributed by atoms with van der Waals surface area (Å²) in [6.45, 7) is 2.12. The van der Waals surface area contributed by atoms with E-state index in [0.717, 1.165) is 11.0 Å². The molecule has 0 amide bonds. The first-order valence-electron chi connectivity index (χ1n) is 6.09. The number of hydrogen-bond acceptors (Lipinski definition) is 1. The molecule has 18 heavy (non-hydrogen) atoms. The molecule has 2 nitrogen and oxygen atoms in total. The monoisotopic (exact) mass is 232 g/mol. The molecule has 2 heteroatoms. The number of aromatic nitrogens is 2. The van der Waals surface area contributed by atoms with Gasteiger partial charge in [-0.25, -0.2) is 0 Å². The molecule has 2 aromatic heterocycles. The summed E-state index contributed by atoms with van der Waals surface area (Å²) < 4.78 is 0. The smallest absolute Gasteiger partial charge is 0.0801 e. The largest absolute Gasteiger partial charge is 0.354 e. The van der Waals surface area contributed by atoms with E-state index in [-0.39, 0.29) is 0 Å². The maximum atomic E-state index is 4.54. The van der Waals surface area contributed by atoms with E-state index in [2.05, 4.69) is 53.3 Å². The van der Waals surface area contributed by atoms with Crippen LogP contribution in [0.1, 0.15) is 5.56 Å². The molecule has 0 aliphatic carbocycles. The van der Waals surface area contributed by atoms with Gasteiger partial charge in [-0.2, -0.15) is 0 Å². The van der Waals surface area contributed by atoms with Crippen molar-refractivity contribution >= 4 is 32.7 Å². The maximum Gasteiger partial charge on any atom is 0.0801 e. The summed E-state index contributed by atoms with van der Waals surface area (Å²) in [4.78, 5) is 8.00. The van der Waals surface area contributed by atoms with Crippen LogP contribution in [0.4, 0.5) is 0 Å². The highest BCUT2D eigenvalue weighted by Gasteiger charge is 2.08. The minimum atomic E-state index is 1.08. The fourth-order valence-corrected chi connectivity index (χ4v) is 2.64. The van der Waals surface area contributed by atoms with Gasteiger partial charge in [0.05, 0.1) is 5.52 Å². The molecule has 86 valence electrons. The van der Waals surface area contributed by atoms with Gasteiger partial charge in [-0.05, 0) is 31.2 Å². The summed E-state index contributed by atoms with van der Waals surface area (Å²) in [6.07, 6.45) is 1.86. The first kappa shape index (κ1) is 9.66. The van der Waals surface area contributed by atoms with Crippen LogP contribution in [0.3, 0.4) is 0 Å². The molecule has 0 atom stereocenters. The summed E-state index contributed by atoms with van der Waals surface area (Å²) in [5.74, 6) is 0. The predicted octanol–water partition coefficient (Wildman–Crippen LogP) is 4.18. The minimum absolute atomic E-state index is 1.08. The van der Waals surface area contributed by atoms with Crippen LogP contribution in [0.25, 0.3) is 32.7 Å². The van der Waals surface area contributed by atoms with Crippen LogP contribution in [0, 0.1) is 6.92 Å². The van der Waals surface area contributed by atoms with Gasteiger partial charge in [-0.15, -0.1) is 0 Å². The van der Waals surface area contributed by atoms with Crippen LogP contribution in [0.15, 0.2) is 48.7 Å². The van der Waals surface area contributed by atoms with Crippen molar-refractivity contribution in [2.45, 2.75) is 6.92 Å². The Balaban J connectivity index is 2.35. The molecule has 0 radical (unpaired) electrons. The Morgan fingerprint density at radius 2 is 1.89 bits per heavy atom. The Morgan fingerprint density at radius 1 is 1.00 bits per heavy atom. The Hall–Kier alpha value is -2.35. The summed E-state index contributed by atoms with van der Waals surface area (Å²) in [5, 5.41) is 3.67. The molecule has 2 heterocycles. The van der Waals surface area contributed by atoms with Crippen molar-refractivity contribution in [3.63, 3.8) is 0 Å². The van der Waals surface area contributed by atoms with E-state index in [1.807, 2.05) is 12.3 Å². The number of H-pyrrole nitrogens is 1. The van der Waals surface area contributed by atoms with Crippen molar-refractivity contribution in [3.8, 4) is 0 Å². The topological polar surface area (TPSA) is 28.7 Å². The summed E-state index contributed by atoms with van der Waals surface area (Å²) in [6, 6.07) is 14.8. The fraction of sp³-hybridized carbons (Fsp3) is 0.0625. The number of benzene rings is 2. The van der Waals surface area contributed by atoms with E-state index >= 15 is 0 Å². The third kappa shape index (κ3) is 1.20. The molecule has 0 fully saturated rings. The fourth-order valence-electron chi connectivity index (χ4n) is 2.64. The molecule has 0 aliphatic heterocycles. The number of nitrogens with zero attached hydrogens (tertiary/aromatic N) is 1. The van der Waals surface area contributed by atoms with Gasteiger partial charge in [0.2, 0.25) is 0 Å². The number of aromatic amines is 1. The molecule has 2 aromatic carbocycles. The zero-order chi connectivity index (χ0) is 12.1. The summed E-state index contributed by atoms with van der Waals surface area (Å²) in [5.41, 5.74) is 4.68. The SMILES string of the molecule is Cc1ccc2[nH]c3ccc4cccnc4c3c2c1. The Kier molecular flexibility index (Phi) is 1.78. The quantitative estimate of drug-likeness (QED) is 0.484. The zero-order valence-corrected chi connectivity index (χ0v) is 10.1. The molecule has 0 unspecified atom stereocenters. The van der Waals surface area contributed by atoms with Crippen LogP contribution in [-0.2, 0) is 0 Å². The number of pyridine rings is 1. The van der Waals surface area contributed by atoms with E-state index in [1.165, 1.54) is 27.2 Å². The van der Waals surface area contributed by atoms with Crippen molar-refractivity contribution in [1.82, 2.24) is 9.97 Å². The Morgan fingerprint density at radius 3 is 2.83 bits per heavy atom. The molecule has 1 N–H and O–H groups in total. The molecule has 0 aliphatic rings. The minimum Gasteiger partial charge on any atom is -0.354 e. The zero-order valence-electron chi connectivity index (χ0n) is 10.1. The van der Waals surface area contributed by atoms with E-state index < -0.39 is 0 Å². The maximum absolute atomic E-state index is 4.54. The first-order chi connectivity index (χ1) is 8.83. The highest BCUT2D eigenvalue weighted by Crippen LogP contribution is 2.31. The highest BCUT2D eigenvalue weighted by atomic mass is 14.7. The number of nitrogens with one attached hydrogen (secondary N) is 1. The standard InChI is InChI=1S/C16H12N2/c1-10-4-6-13-12(9-10)15-14(18-13)7-5-11-3-2-8-17-16(11)15/h2-9,18H,1H3. The van der Waals surface area contributed by atoms with Gasteiger partial charge in [-0.1, -0.05) is 23.8 Å². The van der Waals surface area contributed by atoms with Crippen molar-refractivity contribution in [2.24, 2.45) is 0 Å². The van der Waals surface area contributed by atoms with Crippen LogP contribution in [-0.4, -0.2) is 9.97 Å². The molecule has 4 aromatic rings. The normalized spacial score (nSPS) is 11.6. The molecule has 4 rings (SSSR count). The molecular formula is C16H12N2. The second kappa shape index (κ2) is 3.33. The van der Waals surface area contributed by atoms with Gasteiger partial charge in [-0.3, -0.25) is 4.98 Å². The van der Waals surface area contributed by atoms with Gasteiger partial charge in [0, 0.05) is 33.4 Å². The number of hydrogen-bond donors (Lipinski definition) is 1. The van der Waals surface area contributed by atoms with Gasteiger partial charge in [0.15, 0.2) is 0 Å². The van der Waals surface area contributed by atoms with E-state index in [0.29, 0.717) is 0 Å². The molecule has 0 saturated heterocycles. The van der Waals surface area contributed by atoms with Gasteiger partial charge < -0.3 is 4.98 Å². The van der Waals surface area contributed by atoms with E-state index in [1.54, 1.807) is 0 Å². The van der Waals surface area contributed by atoms with Gasteiger partial charge in [0.1, 0.15) is 0 Å². The summed E-state index contributed by atoms with van der Waals surface area (Å²) >= 11 is 0. The van der Waals surface area contributed by atoms with Crippen LogP contribution in [0.5, 0.6) is 0 Å². The molecule has 0 saturated carbocycles. The van der Waals surface area contributed by atoms with Crippen molar-refractivity contribution < 1.29 is 0 Å². The van der Waals surface area contributed by atoms with Crippen molar-refractivity contribution in [3.05, 3.63) is 54.2 Å². The number of fused-ring (bicyclic) bond motifs is 5. The van der Waals surface area contributed by atoms with E-state index in [9.17, 15) is 0 Å². The van der Waals surface area contributed by atoms with Crippen LogP contribution in [0.2, 0.25) is 0 Å². The predicted molar refractivity (Wildman–Crippen MR) is 75.8 cm³/mol. The average Bonchev–Trinajstić information content (AvgIpc) is 2.77. The Bertz CT molecular complexity index is 887. The third-order valence-electron chi connectivity index (χ3n) is 3.49. The highest BCUT2D eigenvalue weighted by molar-refractivity contribution is 6.18. The molecular weight excluding hydrogens is 220 g/mol. The number of aryl methyl sites for hydroxylation is 1. The third-order valence-corrected chi connectivity index (χ3v) is 3.49. The van der Waals surface area contributed by atoms with Crippen molar-refractivity contribution in [1.29, 1.82) is 0 Å². The van der Waals surface area contributed by atoms with Crippen LogP contribution >= 0.6 is 0 Å².